The summed E-state index contributed by atoms with van der Waals surface area (Å²) in [6, 6.07) is 2.17. The van der Waals surface area contributed by atoms with Crippen molar-refractivity contribution < 1.29 is 14.3 Å². The Bertz CT molecular complexity index is 447. The van der Waals surface area contributed by atoms with Crippen LogP contribution in [0.15, 0.2) is 12.7 Å². The number of carbonyl (C=O) groups excluding carboxylic acids is 1. The second-order valence-corrected chi connectivity index (χ2v) is 7.04. The second-order valence-electron chi connectivity index (χ2n) is 7.04. The molecular weight excluding hydrogens is 268 g/mol. The van der Waals surface area contributed by atoms with Crippen molar-refractivity contribution in [3.8, 4) is 6.07 Å². The summed E-state index contributed by atoms with van der Waals surface area (Å²) < 4.78 is 11.1. The molecule has 2 bridgehead atoms. The molecule has 0 aromatic heterocycles. The molecule has 21 heavy (non-hydrogen) atoms. The highest BCUT2D eigenvalue weighted by Gasteiger charge is 2.48. The molecule has 5 nitrogen and oxygen atoms in total. The van der Waals surface area contributed by atoms with Gasteiger partial charge in [0.25, 0.3) is 0 Å². The molecule has 5 heteroatoms. The zero-order chi connectivity index (χ0) is 15.7. The lowest BCUT2D eigenvalue weighted by Crippen LogP contribution is -2.61. The molecule has 2 aliphatic rings. The molecule has 0 spiro atoms. The van der Waals surface area contributed by atoms with Gasteiger partial charge in [-0.15, -0.1) is 6.58 Å². The number of allylic oxidation sites excluding steroid dienone is 1. The number of ether oxygens (including phenoxy) is 2. The quantitative estimate of drug-likeness (QED) is 0.734. The van der Waals surface area contributed by atoms with Crippen molar-refractivity contribution in [1.29, 1.82) is 5.26 Å². The lowest BCUT2D eigenvalue weighted by molar-refractivity contribution is -0.100. The summed E-state index contributed by atoms with van der Waals surface area (Å²) in [6.07, 6.45) is 3.45. The van der Waals surface area contributed by atoms with E-state index in [-0.39, 0.29) is 23.6 Å². The highest BCUT2D eigenvalue weighted by atomic mass is 16.6. The van der Waals surface area contributed by atoms with Crippen molar-refractivity contribution in [3.63, 3.8) is 0 Å². The predicted octanol–water partition coefficient (Wildman–Crippen LogP) is 2.87. The van der Waals surface area contributed by atoms with E-state index in [9.17, 15) is 4.79 Å². The number of nitriles is 1. The van der Waals surface area contributed by atoms with Gasteiger partial charge in [0.15, 0.2) is 0 Å². The van der Waals surface area contributed by atoms with Crippen molar-refractivity contribution >= 4 is 6.09 Å². The Morgan fingerprint density at radius 2 is 2.05 bits per heavy atom. The van der Waals surface area contributed by atoms with Crippen LogP contribution in [0.5, 0.6) is 0 Å². The van der Waals surface area contributed by atoms with E-state index in [1.54, 1.807) is 0 Å². The largest absolute Gasteiger partial charge is 0.444 e. The second kappa shape index (κ2) is 5.69. The van der Waals surface area contributed by atoms with Gasteiger partial charge in [0.05, 0.1) is 31.4 Å². The van der Waals surface area contributed by atoms with Crippen LogP contribution in [0.2, 0.25) is 0 Å². The first-order chi connectivity index (χ1) is 9.80. The van der Waals surface area contributed by atoms with Crippen molar-refractivity contribution in [3.05, 3.63) is 12.7 Å². The Labute approximate surface area is 126 Å². The molecule has 2 aliphatic heterocycles. The summed E-state index contributed by atoms with van der Waals surface area (Å²) in [6.45, 7) is 10.5. The Morgan fingerprint density at radius 1 is 1.48 bits per heavy atom. The van der Waals surface area contributed by atoms with Crippen LogP contribution in [0, 0.1) is 16.7 Å². The highest BCUT2D eigenvalue weighted by molar-refractivity contribution is 5.69. The molecule has 0 aliphatic carbocycles. The molecule has 3 atom stereocenters. The summed E-state index contributed by atoms with van der Waals surface area (Å²) in [7, 11) is 0. The molecule has 116 valence electrons. The first-order valence-electron chi connectivity index (χ1n) is 7.40. The Kier molecular flexibility index (Phi) is 4.29. The van der Waals surface area contributed by atoms with E-state index in [0.717, 1.165) is 0 Å². The summed E-state index contributed by atoms with van der Waals surface area (Å²) in [5, 5.41) is 9.07. The van der Waals surface area contributed by atoms with Crippen LogP contribution >= 0.6 is 0 Å². The maximum Gasteiger partial charge on any atom is 0.410 e. The van der Waals surface area contributed by atoms with Crippen LogP contribution in [-0.4, -0.2) is 41.9 Å². The van der Waals surface area contributed by atoms with Gasteiger partial charge in [-0.05, 0) is 33.6 Å². The number of carbonyl (C=O) groups is 1. The average Bonchev–Trinajstić information content (AvgIpc) is 2.35. The maximum atomic E-state index is 12.4. The van der Waals surface area contributed by atoms with Crippen molar-refractivity contribution in [2.45, 2.75) is 57.7 Å². The van der Waals surface area contributed by atoms with Gasteiger partial charge in [0.2, 0.25) is 0 Å². The highest BCUT2D eigenvalue weighted by Crippen LogP contribution is 2.44. The van der Waals surface area contributed by atoms with Crippen LogP contribution in [0.3, 0.4) is 0 Å². The average molecular weight is 292 g/mol. The maximum absolute atomic E-state index is 12.4. The number of hydrogen-bond donors (Lipinski definition) is 0. The number of amides is 1. The van der Waals surface area contributed by atoms with E-state index in [4.69, 9.17) is 14.7 Å². The van der Waals surface area contributed by atoms with Gasteiger partial charge in [0, 0.05) is 11.8 Å². The van der Waals surface area contributed by atoms with Gasteiger partial charge in [-0.1, -0.05) is 6.08 Å². The van der Waals surface area contributed by atoms with Gasteiger partial charge < -0.3 is 9.47 Å². The first kappa shape index (κ1) is 15.8. The standard InChI is InChI=1S/C16H24N2O3/c1-5-16(6-7-17)8-12-10-20-11-13(9-16)18(12)14(19)21-15(2,3)4/h5,12-13H,1,6,8-11H2,2-4H3/t12-,13+,16+. The summed E-state index contributed by atoms with van der Waals surface area (Å²) in [5.41, 5.74) is -0.724. The van der Waals surface area contributed by atoms with Gasteiger partial charge in [0.1, 0.15) is 5.60 Å². The lowest BCUT2D eigenvalue weighted by Gasteiger charge is -2.51. The molecule has 0 saturated carbocycles. The third-order valence-corrected chi connectivity index (χ3v) is 4.16. The molecule has 2 saturated heterocycles. The van der Waals surface area contributed by atoms with E-state index >= 15 is 0 Å². The molecule has 2 heterocycles. The summed E-state index contributed by atoms with van der Waals surface area (Å²) in [4.78, 5) is 14.3. The van der Waals surface area contributed by atoms with Crippen LogP contribution in [0.25, 0.3) is 0 Å². The SMILES string of the molecule is C=C[C@@]1(CC#N)C[C@H]2COC[C@@H](C1)N2C(=O)OC(C)(C)C. The van der Waals surface area contributed by atoms with Crippen LogP contribution < -0.4 is 0 Å². The van der Waals surface area contributed by atoms with Gasteiger partial charge >= 0.3 is 6.09 Å². The third-order valence-electron chi connectivity index (χ3n) is 4.16. The molecule has 1 amide bonds. The molecule has 0 N–H and O–H groups in total. The van der Waals surface area contributed by atoms with E-state index in [1.807, 2.05) is 31.7 Å². The zero-order valence-electron chi connectivity index (χ0n) is 13.1. The number of fused-ring (bicyclic) bond motifs is 2. The number of nitrogens with zero attached hydrogens (tertiary/aromatic N) is 2. The van der Waals surface area contributed by atoms with Gasteiger partial charge in [-0.3, -0.25) is 4.90 Å². The monoisotopic (exact) mass is 292 g/mol. The molecule has 0 radical (unpaired) electrons. The Balaban J connectivity index is 2.18. The Hall–Kier alpha value is -1.54. The predicted molar refractivity (Wildman–Crippen MR) is 78.6 cm³/mol. The first-order valence-corrected chi connectivity index (χ1v) is 7.40. The van der Waals surface area contributed by atoms with E-state index in [1.165, 1.54) is 0 Å². The van der Waals surface area contributed by atoms with Crippen molar-refractivity contribution in [2.75, 3.05) is 13.2 Å². The smallest absolute Gasteiger partial charge is 0.410 e. The fraction of sp³-hybridized carbons (Fsp3) is 0.750. The minimum absolute atomic E-state index is 0.0429. The summed E-state index contributed by atoms with van der Waals surface area (Å²) in [5.74, 6) is 0. The molecule has 0 aromatic carbocycles. The minimum atomic E-state index is -0.508. The lowest BCUT2D eigenvalue weighted by atomic mass is 9.70. The van der Waals surface area contributed by atoms with Crippen molar-refractivity contribution in [2.24, 2.45) is 5.41 Å². The van der Waals surface area contributed by atoms with Gasteiger partial charge in [-0.2, -0.15) is 5.26 Å². The third kappa shape index (κ3) is 3.38. The molecule has 0 aromatic rings. The fourth-order valence-electron chi connectivity index (χ4n) is 3.29. The van der Waals surface area contributed by atoms with Crippen LogP contribution in [0.1, 0.15) is 40.0 Å². The molecule has 2 fully saturated rings. The van der Waals surface area contributed by atoms with Crippen molar-refractivity contribution in [1.82, 2.24) is 4.90 Å². The Morgan fingerprint density at radius 3 is 2.48 bits per heavy atom. The number of piperidine rings is 1. The molecule has 0 unspecified atom stereocenters. The van der Waals surface area contributed by atoms with E-state index in [2.05, 4.69) is 12.6 Å². The normalized spacial score (nSPS) is 32.2. The minimum Gasteiger partial charge on any atom is -0.444 e. The molecule has 2 rings (SSSR count). The molecular formula is C16H24N2O3. The number of hydrogen-bond acceptors (Lipinski definition) is 4. The fourth-order valence-corrected chi connectivity index (χ4v) is 3.29. The van der Waals surface area contributed by atoms with E-state index in [0.29, 0.717) is 32.5 Å². The van der Waals surface area contributed by atoms with Crippen LogP contribution in [0.4, 0.5) is 4.79 Å². The van der Waals surface area contributed by atoms with Crippen LogP contribution in [-0.2, 0) is 9.47 Å². The van der Waals surface area contributed by atoms with Gasteiger partial charge in [-0.25, -0.2) is 4.79 Å². The summed E-state index contributed by atoms with van der Waals surface area (Å²) >= 11 is 0. The number of rotatable bonds is 2. The number of morpholine rings is 1. The van der Waals surface area contributed by atoms with E-state index < -0.39 is 5.60 Å². The topological polar surface area (TPSA) is 62.6 Å². The zero-order valence-corrected chi connectivity index (χ0v) is 13.1.